The number of hydroxylamine groups is 2. The van der Waals surface area contributed by atoms with E-state index in [0.717, 1.165) is 39.3 Å². The number of carbonyl (C=O) groups is 1. The summed E-state index contributed by atoms with van der Waals surface area (Å²) >= 11 is 0. The van der Waals surface area contributed by atoms with Crippen LogP contribution in [0.4, 0.5) is 0 Å². The number of nitrogens with one attached hydrogen (secondary N) is 1. The standard InChI is InChI=1S/C14H19N3O2/c18-14(12-4-2-1-3-5-12)19-17-8-6-16(7-9-17)13-10-15-11-13/h1-5,13,15H,6-11H2. The van der Waals surface area contributed by atoms with E-state index in [9.17, 15) is 4.79 Å². The van der Waals surface area contributed by atoms with Crippen LogP contribution in [-0.2, 0) is 4.84 Å². The zero-order valence-corrected chi connectivity index (χ0v) is 10.9. The third-order valence-corrected chi connectivity index (χ3v) is 3.77. The molecule has 0 spiro atoms. The summed E-state index contributed by atoms with van der Waals surface area (Å²) in [6, 6.07) is 9.81. The molecule has 0 radical (unpaired) electrons. The Kier molecular flexibility index (Phi) is 3.77. The van der Waals surface area contributed by atoms with Gasteiger partial charge in [0.1, 0.15) is 0 Å². The molecule has 0 bridgehead atoms. The van der Waals surface area contributed by atoms with E-state index in [1.165, 1.54) is 0 Å². The van der Waals surface area contributed by atoms with Crippen LogP contribution in [0.25, 0.3) is 0 Å². The molecule has 0 saturated carbocycles. The minimum atomic E-state index is -0.264. The van der Waals surface area contributed by atoms with Crippen molar-refractivity contribution in [1.82, 2.24) is 15.3 Å². The SMILES string of the molecule is O=C(ON1CCN(C2CNC2)CC1)c1ccccc1. The van der Waals surface area contributed by atoms with Gasteiger partial charge in [-0.25, -0.2) is 4.79 Å². The van der Waals surface area contributed by atoms with Crippen LogP contribution in [0.1, 0.15) is 10.4 Å². The first-order valence-corrected chi connectivity index (χ1v) is 6.80. The minimum Gasteiger partial charge on any atom is -0.364 e. The Hall–Kier alpha value is -1.43. The van der Waals surface area contributed by atoms with Crippen molar-refractivity contribution >= 4 is 5.97 Å². The molecule has 102 valence electrons. The molecule has 1 aromatic rings. The lowest BCUT2D eigenvalue weighted by Crippen LogP contribution is -2.61. The molecule has 0 aliphatic carbocycles. The smallest absolute Gasteiger partial charge is 0.357 e. The van der Waals surface area contributed by atoms with Gasteiger partial charge in [0.25, 0.3) is 0 Å². The molecule has 2 saturated heterocycles. The van der Waals surface area contributed by atoms with Gasteiger partial charge in [-0.05, 0) is 12.1 Å². The quantitative estimate of drug-likeness (QED) is 0.850. The van der Waals surface area contributed by atoms with E-state index in [0.29, 0.717) is 11.6 Å². The molecule has 0 aromatic heterocycles. The molecule has 3 rings (SSSR count). The summed E-state index contributed by atoms with van der Waals surface area (Å²) in [5, 5.41) is 5.06. The molecule has 5 nitrogen and oxygen atoms in total. The highest BCUT2D eigenvalue weighted by molar-refractivity contribution is 5.89. The van der Waals surface area contributed by atoms with Crippen molar-refractivity contribution in [3.05, 3.63) is 35.9 Å². The highest BCUT2D eigenvalue weighted by atomic mass is 16.7. The maximum Gasteiger partial charge on any atom is 0.357 e. The van der Waals surface area contributed by atoms with Crippen molar-refractivity contribution in [2.75, 3.05) is 39.3 Å². The first kappa shape index (κ1) is 12.6. The Labute approximate surface area is 113 Å². The van der Waals surface area contributed by atoms with Crippen LogP contribution in [0.3, 0.4) is 0 Å². The molecule has 2 aliphatic heterocycles. The molecule has 2 fully saturated rings. The maximum atomic E-state index is 11.9. The number of hydrogen-bond donors (Lipinski definition) is 1. The summed E-state index contributed by atoms with van der Waals surface area (Å²) in [6.07, 6.45) is 0. The fraction of sp³-hybridized carbons (Fsp3) is 0.500. The Morgan fingerprint density at radius 2 is 1.79 bits per heavy atom. The fourth-order valence-electron chi connectivity index (χ4n) is 2.44. The molecule has 2 aliphatic rings. The number of piperazine rings is 1. The highest BCUT2D eigenvalue weighted by Crippen LogP contribution is 2.11. The van der Waals surface area contributed by atoms with Crippen LogP contribution in [0.15, 0.2) is 30.3 Å². The van der Waals surface area contributed by atoms with E-state index in [2.05, 4.69) is 10.2 Å². The lowest BCUT2D eigenvalue weighted by Gasteiger charge is -2.42. The number of benzene rings is 1. The van der Waals surface area contributed by atoms with Gasteiger partial charge in [-0.3, -0.25) is 4.90 Å². The summed E-state index contributed by atoms with van der Waals surface area (Å²) in [7, 11) is 0. The molecular weight excluding hydrogens is 242 g/mol. The van der Waals surface area contributed by atoms with Gasteiger partial charge in [0.15, 0.2) is 0 Å². The summed E-state index contributed by atoms with van der Waals surface area (Å²) in [5.41, 5.74) is 0.605. The Morgan fingerprint density at radius 1 is 1.11 bits per heavy atom. The van der Waals surface area contributed by atoms with Crippen LogP contribution in [0.5, 0.6) is 0 Å². The van der Waals surface area contributed by atoms with Crippen molar-refractivity contribution in [3.8, 4) is 0 Å². The van der Waals surface area contributed by atoms with E-state index < -0.39 is 0 Å². The molecule has 0 amide bonds. The van der Waals surface area contributed by atoms with Gasteiger partial charge in [-0.15, -0.1) is 5.06 Å². The van der Waals surface area contributed by atoms with Gasteiger partial charge >= 0.3 is 5.97 Å². The van der Waals surface area contributed by atoms with Crippen LogP contribution >= 0.6 is 0 Å². The van der Waals surface area contributed by atoms with E-state index in [1.54, 1.807) is 17.2 Å². The third-order valence-electron chi connectivity index (χ3n) is 3.77. The van der Waals surface area contributed by atoms with Gasteiger partial charge in [0.2, 0.25) is 0 Å². The lowest BCUT2D eigenvalue weighted by atomic mass is 10.1. The average Bonchev–Trinajstić information content (AvgIpc) is 2.40. The zero-order valence-electron chi connectivity index (χ0n) is 10.9. The highest BCUT2D eigenvalue weighted by Gasteiger charge is 2.28. The zero-order chi connectivity index (χ0) is 13.1. The second-order valence-corrected chi connectivity index (χ2v) is 5.02. The molecule has 0 atom stereocenters. The molecule has 0 unspecified atom stereocenters. The first-order valence-electron chi connectivity index (χ1n) is 6.80. The third kappa shape index (κ3) is 2.94. The number of nitrogens with zero attached hydrogens (tertiary/aromatic N) is 2. The van der Waals surface area contributed by atoms with Crippen molar-refractivity contribution in [3.63, 3.8) is 0 Å². The van der Waals surface area contributed by atoms with Crippen molar-refractivity contribution in [1.29, 1.82) is 0 Å². The molecule has 1 aromatic carbocycles. The van der Waals surface area contributed by atoms with Crippen LogP contribution < -0.4 is 5.32 Å². The van der Waals surface area contributed by atoms with E-state index in [1.807, 2.05) is 18.2 Å². The first-order chi connectivity index (χ1) is 9.33. The molecule has 2 heterocycles. The number of carbonyl (C=O) groups excluding carboxylic acids is 1. The van der Waals surface area contributed by atoms with Crippen molar-refractivity contribution in [2.24, 2.45) is 0 Å². The summed E-state index contributed by atoms with van der Waals surface area (Å²) < 4.78 is 0. The predicted octanol–water partition coefficient (Wildman–Crippen LogP) is 0.348. The van der Waals surface area contributed by atoms with Gasteiger partial charge in [-0.1, -0.05) is 18.2 Å². The number of rotatable bonds is 3. The molecule has 19 heavy (non-hydrogen) atoms. The second kappa shape index (κ2) is 5.69. The van der Waals surface area contributed by atoms with Crippen LogP contribution in [0.2, 0.25) is 0 Å². The van der Waals surface area contributed by atoms with Gasteiger partial charge in [0.05, 0.1) is 5.56 Å². The van der Waals surface area contributed by atoms with E-state index >= 15 is 0 Å². The van der Waals surface area contributed by atoms with Crippen molar-refractivity contribution in [2.45, 2.75) is 6.04 Å². The lowest BCUT2D eigenvalue weighted by molar-refractivity contribution is -0.135. The normalized spacial score (nSPS) is 21.9. The molecular formula is C14H19N3O2. The average molecular weight is 261 g/mol. The largest absolute Gasteiger partial charge is 0.364 e. The summed E-state index contributed by atoms with van der Waals surface area (Å²) in [5.74, 6) is -0.264. The minimum absolute atomic E-state index is 0.264. The van der Waals surface area contributed by atoms with Gasteiger partial charge in [-0.2, -0.15) is 0 Å². The summed E-state index contributed by atoms with van der Waals surface area (Å²) in [4.78, 5) is 19.8. The molecule has 1 N–H and O–H groups in total. The van der Waals surface area contributed by atoms with Gasteiger partial charge < -0.3 is 10.2 Å². The van der Waals surface area contributed by atoms with E-state index in [4.69, 9.17) is 4.84 Å². The Morgan fingerprint density at radius 3 is 2.37 bits per heavy atom. The molecule has 5 heteroatoms. The Balaban J connectivity index is 1.48. The summed E-state index contributed by atoms with van der Waals surface area (Å²) in [6.45, 7) is 5.68. The fourth-order valence-corrected chi connectivity index (χ4v) is 2.44. The van der Waals surface area contributed by atoms with Crippen LogP contribution in [0, 0.1) is 0 Å². The van der Waals surface area contributed by atoms with Gasteiger partial charge in [0, 0.05) is 45.3 Å². The van der Waals surface area contributed by atoms with E-state index in [-0.39, 0.29) is 5.97 Å². The maximum absolute atomic E-state index is 11.9. The number of hydrogen-bond acceptors (Lipinski definition) is 5. The Bertz CT molecular complexity index is 426. The predicted molar refractivity (Wildman–Crippen MR) is 71.7 cm³/mol. The topological polar surface area (TPSA) is 44.8 Å². The monoisotopic (exact) mass is 261 g/mol. The van der Waals surface area contributed by atoms with Crippen LogP contribution in [-0.4, -0.2) is 61.2 Å². The second-order valence-electron chi connectivity index (χ2n) is 5.02. The van der Waals surface area contributed by atoms with Crippen molar-refractivity contribution < 1.29 is 9.63 Å².